The first-order valence-corrected chi connectivity index (χ1v) is 11.0. The fourth-order valence-corrected chi connectivity index (χ4v) is 5.08. The topological polar surface area (TPSA) is 72.5 Å². The zero-order chi connectivity index (χ0) is 21.7. The molecule has 5 heteroatoms. The first-order valence-electron chi connectivity index (χ1n) is 10.1. The molecule has 1 aliphatic rings. The Morgan fingerprint density at radius 1 is 1.07 bits per heavy atom. The number of thiophene rings is 1. The maximum Gasteiger partial charge on any atom is 0.323 e. The highest BCUT2D eigenvalue weighted by molar-refractivity contribution is 7.10. The monoisotopic (exact) mass is 421 g/mol. The van der Waals surface area contributed by atoms with Crippen LogP contribution >= 0.6 is 11.3 Å². The highest BCUT2D eigenvalue weighted by Crippen LogP contribution is 2.55. The van der Waals surface area contributed by atoms with Crippen LogP contribution in [0.4, 0.5) is 0 Å². The van der Waals surface area contributed by atoms with E-state index < -0.39 is 23.7 Å². The van der Waals surface area contributed by atoms with Crippen LogP contribution < -0.4 is 5.73 Å². The van der Waals surface area contributed by atoms with Gasteiger partial charge in [0.15, 0.2) is 5.60 Å². The first-order chi connectivity index (χ1) is 14.2. The molecule has 1 unspecified atom stereocenters. The van der Waals surface area contributed by atoms with Crippen molar-refractivity contribution in [2.45, 2.75) is 50.9 Å². The molecule has 0 radical (unpaired) electrons. The molecule has 1 aromatic heterocycles. The molecular weight excluding hydrogens is 394 g/mol. The van der Waals surface area contributed by atoms with E-state index in [2.05, 4.69) is 57.2 Å². The Morgan fingerprint density at radius 2 is 1.77 bits per heavy atom. The predicted molar refractivity (Wildman–Crippen MR) is 121 cm³/mol. The Morgan fingerprint density at radius 3 is 2.40 bits per heavy atom. The van der Waals surface area contributed by atoms with Gasteiger partial charge in [0.1, 0.15) is 6.04 Å². The molecule has 0 saturated carbocycles. The number of benzene rings is 2. The van der Waals surface area contributed by atoms with Gasteiger partial charge >= 0.3 is 5.97 Å². The van der Waals surface area contributed by atoms with E-state index in [0.29, 0.717) is 0 Å². The fourth-order valence-electron chi connectivity index (χ4n) is 4.19. The zero-order valence-electron chi connectivity index (χ0n) is 17.7. The van der Waals surface area contributed by atoms with E-state index in [-0.39, 0.29) is 5.41 Å². The van der Waals surface area contributed by atoms with Gasteiger partial charge in [-0.15, -0.1) is 11.3 Å². The van der Waals surface area contributed by atoms with Crippen molar-refractivity contribution in [3.05, 3.63) is 81.5 Å². The van der Waals surface area contributed by atoms with Crippen molar-refractivity contribution in [2.75, 3.05) is 0 Å². The van der Waals surface area contributed by atoms with Gasteiger partial charge in [0.25, 0.3) is 0 Å². The van der Waals surface area contributed by atoms with Gasteiger partial charge < -0.3 is 15.6 Å². The van der Waals surface area contributed by atoms with Crippen LogP contribution in [0.1, 0.15) is 49.3 Å². The van der Waals surface area contributed by atoms with E-state index in [1.54, 1.807) is 18.3 Å². The number of hydrogen-bond donors (Lipinski definition) is 2. The molecule has 0 amide bonds. The van der Waals surface area contributed by atoms with Crippen molar-refractivity contribution in [3.63, 3.8) is 0 Å². The second kappa shape index (κ2) is 7.34. The highest BCUT2D eigenvalue weighted by Gasteiger charge is 2.49. The standard InChI is InChI=1S/C25H27NO3S/c1-15(22(26)23(27)28)29-25(21-10-7-13-30-21)19-9-6-5-8-17(19)18-12-11-16(14-20(18)25)24(2,3)4/h5-15,22H,26H2,1-4H3,(H,27,28)/t15-,22+,25?/m1/s1. The summed E-state index contributed by atoms with van der Waals surface area (Å²) in [6, 6.07) is 17.7. The molecule has 0 saturated heterocycles. The van der Waals surface area contributed by atoms with Gasteiger partial charge in [0, 0.05) is 16.0 Å². The van der Waals surface area contributed by atoms with Crippen LogP contribution in [0.5, 0.6) is 0 Å². The summed E-state index contributed by atoms with van der Waals surface area (Å²) in [5, 5.41) is 11.5. The number of rotatable bonds is 5. The van der Waals surface area contributed by atoms with Gasteiger partial charge in [-0.05, 0) is 40.5 Å². The summed E-state index contributed by atoms with van der Waals surface area (Å²) < 4.78 is 6.69. The average Bonchev–Trinajstić information content (AvgIpc) is 3.33. The average molecular weight is 422 g/mol. The van der Waals surface area contributed by atoms with Gasteiger partial charge in [-0.2, -0.15) is 0 Å². The minimum Gasteiger partial charge on any atom is -0.480 e. The Hall–Kier alpha value is -2.47. The Kier molecular flexibility index (Phi) is 5.09. The zero-order valence-corrected chi connectivity index (χ0v) is 18.5. The molecule has 0 bridgehead atoms. The molecule has 1 heterocycles. The quantitative estimate of drug-likeness (QED) is 0.599. The van der Waals surface area contributed by atoms with Crippen LogP contribution in [0.3, 0.4) is 0 Å². The van der Waals surface area contributed by atoms with Crippen LogP contribution in [-0.4, -0.2) is 23.2 Å². The van der Waals surface area contributed by atoms with Crippen LogP contribution in [-0.2, 0) is 20.5 Å². The van der Waals surface area contributed by atoms with Gasteiger partial charge in [0.2, 0.25) is 0 Å². The summed E-state index contributed by atoms with van der Waals surface area (Å²) in [5.74, 6) is -1.07. The van der Waals surface area contributed by atoms with Crippen molar-refractivity contribution in [1.29, 1.82) is 0 Å². The summed E-state index contributed by atoms with van der Waals surface area (Å²) in [5.41, 5.74) is 10.5. The molecule has 30 heavy (non-hydrogen) atoms. The summed E-state index contributed by atoms with van der Waals surface area (Å²) in [6.45, 7) is 8.30. The fraction of sp³-hybridized carbons (Fsp3) is 0.320. The molecule has 0 fully saturated rings. The number of carboxylic acid groups (broad SMARTS) is 1. The molecule has 1 aliphatic carbocycles. The molecule has 156 valence electrons. The van der Waals surface area contributed by atoms with Crippen LogP contribution in [0.25, 0.3) is 11.1 Å². The van der Waals surface area contributed by atoms with Crippen LogP contribution in [0.15, 0.2) is 60.0 Å². The number of carbonyl (C=O) groups is 1. The smallest absolute Gasteiger partial charge is 0.323 e. The van der Waals surface area contributed by atoms with E-state index in [1.807, 2.05) is 23.6 Å². The lowest BCUT2D eigenvalue weighted by molar-refractivity contribution is -0.144. The number of nitrogens with two attached hydrogens (primary N) is 1. The molecule has 4 nitrogen and oxygen atoms in total. The van der Waals surface area contributed by atoms with E-state index in [1.165, 1.54) is 5.56 Å². The molecule has 3 N–H and O–H groups in total. The maximum atomic E-state index is 11.6. The number of ether oxygens (including phenoxy) is 1. The Balaban J connectivity index is 2.01. The molecule has 3 aromatic rings. The lowest BCUT2D eigenvalue weighted by Gasteiger charge is -2.36. The summed E-state index contributed by atoms with van der Waals surface area (Å²) >= 11 is 1.61. The highest BCUT2D eigenvalue weighted by atomic mass is 32.1. The largest absolute Gasteiger partial charge is 0.480 e. The normalized spacial score (nSPS) is 19.8. The van der Waals surface area contributed by atoms with E-state index in [0.717, 1.165) is 27.1 Å². The van der Waals surface area contributed by atoms with Crippen molar-refractivity contribution < 1.29 is 14.6 Å². The second-order valence-electron chi connectivity index (χ2n) is 8.90. The summed E-state index contributed by atoms with van der Waals surface area (Å²) in [4.78, 5) is 12.6. The van der Waals surface area contributed by atoms with Crippen molar-refractivity contribution >= 4 is 17.3 Å². The number of carboxylic acids is 1. The second-order valence-corrected chi connectivity index (χ2v) is 9.85. The third-order valence-corrected chi connectivity index (χ3v) is 6.85. The summed E-state index contributed by atoms with van der Waals surface area (Å²) in [6.07, 6.45) is -0.693. The third-order valence-electron chi connectivity index (χ3n) is 5.88. The molecule has 2 aromatic carbocycles. The van der Waals surface area contributed by atoms with Gasteiger partial charge in [-0.1, -0.05) is 69.3 Å². The number of hydrogen-bond acceptors (Lipinski definition) is 4. The molecule has 0 aliphatic heterocycles. The van der Waals surface area contributed by atoms with E-state index in [9.17, 15) is 9.90 Å². The maximum absolute atomic E-state index is 11.6. The Labute approximate surface area is 181 Å². The van der Waals surface area contributed by atoms with Crippen molar-refractivity contribution in [1.82, 2.24) is 0 Å². The minimum atomic E-state index is -1.12. The molecule has 4 rings (SSSR count). The molecule has 3 atom stereocenters. The first kappa shape index (κ1) is 20.8. The lowest BCUT2D eigenvalue weighted by atomic mass is 9.82. The third kappa shape index (κ3) is 3.18. The van der Waals surface area contributed by atoms with Gasteiger partial charge in [0.05, 0.1) is 6.10 Å². The minimum absolute atomic E-state index is 0.0337. The van der Waals surface area contributed by atoms with Gasteiger partial charge in [-0.3, -0.25) is 4.79 Å². The SMILES string of the molecule is C[C@@H](OC1(c2cccs2)c2ccccc2-c2ccc(C(C)(C)C)cc21)[C@H](N)C(=O)O. The predicted octanol–water partition coefficient (Wildman–Crippen LogP) is 5.13. The van der Waals surface area contributed by atoms with Gasteiger partial charge in [-0.25, -0.2) is 0 Å². The Bertz CT molecular complexity index is 1080. The van der Waals surface area contributed by atoms with E-state index >= 15 is 0 Å². The lowest BCUT2D eigenvalue weighted by Crippen LogP contribution is -2.46. The van der Waals surface area contributed by atoms with Crippen LogP contribution in [0.2, 0.25) is 0 Å². The van der Waals surface area contributed by atoms with Crippen LogP contribution in [0, 0.1) is 0 Å². The van der Waals surface area contributed by atoms with E-state index in [4.69, 9.17) is 10.5 Å². The van der Waals surface area contributed by atoms with Crippen molar-refractivity contribution in [2.24, 2.45) is 5.73 Å². The molecule has 0 spiro atoms. The summed E-state index contributed by atoms with van der Waals surface area (Å²) in [7, 11) is 0. The van der Waals surface area contributed by atoms with Crippen molar-refractivity contribution in [3.8, 4) is 11.1 Å². The molecular formula is C25H27NO3S. The number of aliphatic carboxylic acids is 1. The number of fused-ring (bicyclic) bond motifs is 3.